The number of carbonyl (C=O) groups is 2. The Morgan fingerprint density at radius 3 is 2.21 bits per heavy atom. The van der Waals surface area contributed by atoms with Crippen molar-refractivity contribution >= 4 is 40.8 Å². The largest absolute Gasteiger partial charge is 0.481 e. The predicted octanol–water partition coefficient (Wildman–Crippen LogP) is 3.46. The molecule has 1 aromatic carbocycles. The Morgan fingerprint density at radius 2 is 1.79 bits per heavy atom. The van der Waals surface area contributed by atoms with Crippen molar-refractivity contribution in [2.45, 2.75) is 20.3 Å². The molecule has 0 aliphatic heterocycles. The van der Waals surface area contributed by atoms with E-state index in [1.54, 1.807) is 32.0 Å². The van der Waals surface area contributed by atoms with Crippen LogP contribution in [0.2, 0.25) is 10.0 Å². The van der Waals surface area contributed by atoms with Gasteiger partial charge in [-0.3, -0.25) is 9.59 Å². The maximum atomic E-state index is 11.9. The number of aliphatic carboxylic acids is 1. The molecule has 0 saturated carbocycles. The maximum Gasteiger partial charge on any atom is 0.308 e. The number of carbonyl (C=O) groups excluding carboxylic acids is 1. The van der Waals surface area contributed by atoms with Gasteiger partial charge in [0.15, 0.2) is 0 Å². The first kappa shape index (κ1) is 15.8. The van der Waals surface area contributed by atoms with Gasteiger partial charge in [-0.2, -0.15) is 0 Å². The van der Waals surface area contributed by atoms with E-state index < -0.39 is 11.9 Å². The normalized spacial score (nSPS) is 12.0. The van der Waals surface area contributed by atoms with E-state index in [4.69, 9.17) is 28.3 Å². The Bertz CT molecular complexity index is 471. The van der Waals surface area contributed by atoms with Crippen LogP contribution in [0.3, 0.4) is 0 Å². The summed E-state index contributed by atoms with van der Waals surface area (Å²) < 4.78 is 0. The summed E-state index contributed by atoms with van der Waals surface area (Å²) in [6.45, 7) is 3.34. The third kappa shape index (κ3) is 4.40. The van der Waals surface area contributed by atoms with E-state index in [0.717, 1.165) is 0 Å². The summed E-state index contributed by atoms with van der Waals surface area (Å²) in [7, 11) is 0. The molecule has 1 rings (SSSR count). The number of carboxylic acids is 1. The predicted molar refractivity (Wildman–Crippen MR) is 75.9 cm³/mol. The second-order valence-electron chi connectivity index (χ2n) is 4.22. The molecule has 1 N–H and O–H groups in total. The lowest BCUT2D eigenvalue weighted by molar-refractivity contribution is -0.140. The first-order chi connectivity index (χ1) is 8.85. The minimum Gasteiger partial charge on any atom is -0.481 e. The van der Waals surface area contributed by atoms with Crippen LogP contribution in [0.25, 0.3) is 0 Å². The smallest absolute Gasteiger partial charge is 0.308 e. The molecule has 6 heteroatoms. The molecule has 1 atom stereocenters. The highest BCUT2D eigenvalue weighted by molar-refractivity contribution is 6.35. The van der Waals surface area contributed by atoms with E-state index >= 15 is 0 Å². The molecule has 0 fully saturated rings. The molecule has 0 aliphatic carbocycles. The fourth-order valence-electron chi connectivity index (χ4n) is 1.59. The molecule has 1 unspecified atom stereocenters. The van der Waals surface area contributed by atoms with Crippen LogP contribution < -0.4 is 4.90 Å². The van der Waals surface area contributed by atoms with Crippen molar-refractivity contribution in [3.8, 4) is 0 Å². The van der Waals surface area contributed by atoms with Gasteiger partial charge in [0, 0.05) is 28.7 Å². The van der Waals surface area contributed by atoms with Crippen LogP contribution in [0.5, 0.6) is 0 Å². The van der Waals surface area contributed by atoms with Gasteiger partial charge >= 0.3 is 5.97 Å². The fraction of sp³-hybridized carbons (Fsp3) is 0.385. The Morgan fingerprint density at radius 1 is 1.26 bits per heavy atom. The SMILES string of the molecule is CCC(=O)N(CC(C)C(=O)O)c1cc(Cl)cc(Cl)c1. The topological polar surface area (TPSA) is 57.6 Å². The second-order valence-corrected chi connectivity index (χ2v) is 5.10. The minimum absolute atomic E-state index is 0.0820. The molecular formula is C13H15Cl2NO3. The number of anilines is 1. The standard InChI is InChI=1S/C13H15Cl2NO3/c1-3-12(17)16(7-8(2)13(18)19)11-5-9(14)4-10(15)6-11/h4-6,8H,3,7H2,1-2H3,(H,18,19). The number of hydrogen-bond acceptors (Lipinski definition) is 2. The number of carboxylic acid groups (broad SMARTS) is 1. The van der Waals surface area contributed by atoms with Gasteiger partial charge in [-0.05, 0) is 18.2 Å². The van der Waals surface area contributed by atoms with Crippen molar-refractivity contribution in [1.82, 2.24) is 0 Å². The summed E-state index contributed by atoms with van der Waals surface area (Å²) in [6.07, 6.45) is 0.274. The zero-order valence-electron chi connectivity index (χ0n) is 10.7. The Labute approximate surface area is 121 Å². The molecule has 1 aromatic rings. The monoisotopic (exact) mass is 303 g/mol. The summed E-state index contributed by atoms with van der Waals surface area (Å²) in [5.41, 5.74) is 0.512. The van der Waals surface area contributed by atoms with Crippen LogP contribution in [0.4, 0.5) is 5.69 Å². The molecule has 0 aromatic heterocycles. The molecule has 1 amide bonds. The molecule has 0 aliphatic rings. The molecule has 0 bridgehead atoms. The average Bonchev–Trinajstić information content (AvgIpc) is 2.33. The highest BCUT2D eigenvalue weighted by Crippen LogP contribution is 2.26. The molecule has 4 nitrogen and oxygen atoms in total. The minimum atomic E-state index is -0.956. The Kier molecular flexibility index (Phi) is 5.63. The van der Waals surface area contributed by atoms with E-state index in [1.165, 1.54) is 4.90 Å². The highest BCUT2D eigenvalue weighted by Gasteiger charge is 2.21. The summed E-state index contributed by atoms with van der Waals surface area (Å²) in [5.74, 6) is -1.80. The lowest BCUT2D eigenvalue weighted by Gasteiger charge is -2.24. The summed E-state index contributed by atoms with van der Waals surface area (Å²) in [6, 6.07) is 4.74. The van der Waals surface area contributed by atoms with Crippen LogP contribution in [0.1, 0.15) is 20.3 Å². The number of benzene rings is 1. The van der Waals surface area contributed by atoms with E-state index in [1.807, 2.05) is 0 Å². The number of amides is 1. The molecule has 19 heavy (non-hydrogen) atoms. The van der Waals surface area contributed by atoms with Gasteiger partial charge in [-0.15, -0.1) is 0 Å². The summed E-state index contributed by atoms with van der Waals surface area (Å²) >= 11 is 11.8. The van der Waals surface area contributed by atoms with Crippen molar-refractivity contribution in [3.05, 3.63) is 28.2 Å². The third-order valence-electron chi connectivity index (χ3n) is 2.64. The summed E-state index contributed by atoms with van der Waals surface area (Å²) in [5, 5.41) is 9.76. The highest BCUT2D eigenvalue weighted by atomic mass is 35.5. The van der Waals surface area contributed by atoms with Gasteiger partial charge in [-0.1, -0.05) is 37.0 Å². The van der Waals surface area contributed by atoms with Gasteiger partial charge in [0.1, 0.15) is 0 Å². The summed E-state index contributed by atoms with van der Waals surface area (Å²) in [4.78, 5) is 24.3. The first-order valence-corrected chi connectivity index (χ1v) is 6.60. The van der Waals surface area contributed by atoms with Crippen LogP contribution in [0, 0.1) is 5.92 Å². The second kappa shape index (κ2) is 6.78. The van der Waals surface area contributed by atoms with E-state index in [-0.39, 0.29) is 18.9 Å². The van der Waals surface area contributed by atoms with Crippen molar-refractivity contribution in [2.75, 3.05) is 11.4 Å². The first-order valence-electron chi connectivity index (χ1n) is 5.84. The number of nitrogens with zero attached hydrogens (tertiary/aromatic N) is 1. The molecule has 0 saturated heterocycles. The average molecular weight is 304 g/mol. The quantitative estimate of drug-likeness (QED) is 0.906. The molecule has 0 heterocycles. The van der Waals surface area contributed by atoms with Crippen molar-refractivity contribution in [2.24, 2.45) is 5.92 Å². The zero-order chi connectivity index (χ0) is 14.6. The molecule has 0 radical (unpaired) electrons. The van der Waals surface area contributed by atoms with E-state index in [2.05, 4.69) is 0 Å². The molecule has 0 spiro atoms. The number of hydrogen-bond donors (Lipinski definition) is 1. The number of rotatable bonds is 5. The van der Waals surface area contributed by atoms with Crippen molar-refractivity contribution < 1.29 is 14.7 Å². The van der Waals surface area contributed by atoms with Crippen molar-refractivity contribution in [1.29, 1.82) is 0 Å². The lowest BCUT2D eigenvalue weighted by atomic mass is 10.1. The molecular weight excluding hydrogens is 289 g/mol. The Balaban J connectivity index is 3.09. The molecule has 104 valence electrons. The van der Waals surface area contributed by atoms with Crippen molar-refractivity contribution in [3.63, 3.8) is 0 Å². The van der Waals surface area contributed by atoms with Crippen LogP contribution in [0.15, 0.2) is 18.2 Å². The van der Waals surface area contributed by atoms with Gasteiger partial charge in [0.2, 0.25) is 5.91 Å². The lowest BCUT2D eigenvalue weighted by Crippen LogP contribution is -2.36. The van der Waals surface area contributed by atoms with Crippen LogP contribution >= 0.6 is 23.2 Å². The van der Waals surface area contributed by atoms with Crippen LogP contribution in [-0.4, -0.2) is 23.5 Å². The van der Waals surface area contributed by atoms with E-state index in [0.29, 0.717) is 15.7 Å². The van der Waals surface area contributed by atoms with Gasteiger partial charge in [0.05, 0.1) is 5.92 Å². The Hall–Kier alpha value is -1.26. The zero-order valence-corrected chi connectivity index (χ0v) is 12.2. The third-order valence-corrected chi connectivity index (χ3v) is 3.08. The van der Waals surface area contributed by atoms with Crippen LogP contribution in [-0.2, 0) is 9.59 Å². The maximum absolute atomic E-state index is 11.9. The number of halogens is 2. The van der Waals surface area contributed by atoms with Gasteiger partial charge < -0.3 is 10.0 Å². The van der Waals surface area contributed by atoms with E-state index in [9.17, 15) is 9.59 Å². The fourth-order valence-corrected chi connectivity index (χ4v) is 2.10. The van der Waals surface area contributed by atoms with Gasteiger partial charge in [0.25, 0.3) is 0 Å². The van der Waals surface area contributed by atoms with Gasteiger partial charge in [-0.25, -0.2) is 0 Å².